The van der Waals surface area contributed by atoms with E-state index in [0.717, 1.165) is 17.9 Å². The van der Waals surface area contributed by atoms with Crippen molar-refractivity contribution >= 4 is 0 Å². The predicted octanol–water partition coefficient (Wildman–Crippen LogP) is 4.50. The van der Waals surface area contributed by atoms with Gasteiger partial charge in [0.2, 0.25) is 0 Å². The average Bonchev–Trinajstić information content (AvgIpc) is 2.47. The number of aryl methyl sites for hydroxylation is 1. The summed E-state index contributed by atoms with van der Waals surface area (Å²) in [5, 5.41) is 10.5. The van der Waals surface area contributed by atoms with Crippen molar-refractivity contribution in [1.29, 1.82) is 0 Å². The second-order valence-electron chi connectivity index (χ2n) is 5.73. The summed E-state index contributed by atoms with van der Waals surface area (Å²) in [4.78, 5) is 0. The Morgan fingerprint density at radius 1 is 1.06 bits per heavy atom. The van der Waals surface area contributed by atoms with E-state index in [1.54, 1.807) is 0 Å². The third-order valence-electron chi connectivity index (χ3n) is 4.64. The maximum atomic E-state index is 10.5. The first-order valence-electron chi connectivity index (χ1n) is 7.51. The number of rotatable bonds is 4. The van der Waals surface area contributed by atoms with Gasteiger partial charge in [0, 0.05) is 0 Å². The molecule has 1 aliphatic rings. The number of benzene rings is 1. The van der Waals surface area contributed by atoms with Crippen molar-refractivity contribution in [3.05, 3.63) is 35.4 Å². The quantitative estimate of drug-likeness (QED) is 0.829. The minimum absolute atomic E-state index is 0.256. The number of aliphatic hydroxyl groups excluding tert-OH is 1. The molecular formula is C17H26O. The molecule has 0 bridgehead atoms. The lowest BCUT2D eigenvalue weighted by atomic mass is 9.77. The zero-order chi connectivity index (χ0) is 13.0. The maximum Gasteiger partial charge on any atom is 0.0818 e. The molecule has 1 atom stereocenters. The molecule has 1 aliphatic carbocycles. The van der Waals surface area contributed by atoms with Gasteiger partial charge in [0.1, 0.15) is 0 Å². The summed E-state index contributed by atoms with van der Waals surface area (Å²) in [5.74, 6) is 1.37. The maximum absolute atomic E-state index is 10.5. The smallest absolute Gasteiger partial charge is 0.0818 e. The Morgan fingerprint density at radius 3 is 2.17 bits per heavy atom. The summed E-state index contributed by atoms with van der Waals surface area (Å²) in [6, 6.07) is 8.51. The fraction of sp³-hybridized carbons (Fsp3) is 0.647. The molecule has 1 heteroatoms. The van der Waals surface area contributed by atoms with Gasteiger partial charge in [-0.15, -0.1) is 0 Å². The van der Waals surface area contributed by atoms with Crippen molar-refractivity contribution in [2.24, 2.45) is 11.8 Å². The van der Waals surface area contributed by atoms with E-state index in [2.05, 4.69) is 38.1 Å². The lowest BCUT2D eigenvalue weighted by Gasteiger charge is -2.31. The molecular weight excluding hydrogens is 220 g/mol. The van der Waals surface area contributed by atoms with Gasteiger partial charge in [-0.25, -0.2) is 0 Å². The highest BCUT2D eigenvalue weighted by Gasteiger charge is 2.26. The minimum Gasteiger partial charge on any atom is -0.388 e. The predicted molar refractivity (Wildman–Crippen MR) is 76.5 cm³/mol. The standard InChI is InChI=1S/C17H26O/c1-3-13-5-9-15(10-6-13)17(18)16-11-7-14(4-2)8-12-16/h5-6,9-10,14,16-18H,3-4,7-8,11-12H2,1-2H3. The Balaban J connectivity index is 1.96. The van der Waals surface area contributed by atoms with Crippen LogP contribution in [0.15, 0.2) is 24.3 Å². The number of aliphatic hydroxyl groups is 1. The van der Waals surface area contributed by atoms with Crippen molar-refractivity contribution < 1.29 is 5.11 Å². The molecule has 1 aromatic rings. The molecule has 0 saturated heterocycles. The van der Waals surface area contributed by atoms with E-state index in [0.29, 0.717) is 5.92 Å². The van der Waals surface area contributed by atoms with E-state index in [1.165, 1.54) is 37.7 Å². The van der Waals surface area contributed by atoms with Crippen molar-refractivity contribution in [2.75, 3.05) is 0 Å². The lowest BCUT2D eigenvalue weighted by molar-refractivity contribution is 0.0729. The van der Waals surface area contributed by atoms with E-state index < -0.39 is 0 Å². The molecule has 1 fully saturated rings. The normalized spacial score (nSPS) is 25.9. The van der Waals surface area contributed by atoms with Gasteiger partial charge in [0.15, 0.2) is 0 Å². The molecule has 0 heterocycles. The van der Waals surface area contributed by atoms with Crippen LogP contribution in [0.25, 0.3) is 0 Å². The first kappa shape index (κ1) is 13.6. The van der Waals surface area contributed by atoms with Crippen molar-refractivity contribution in [2.45, 2.75) is 58.5 Å². The number of hydrogen-bond donors (Lipinski definition) is 1. The van der Waals surface area contributed by atoms with Crippen molar-refractivity contribution in [3.8, 4) is 0 Å². The van der Waals surface area contributed by atoms with E-state index in [9.17, 15) is 5.11 Å². The Hall–Kier alpha value is -0.820. The van der Waals surface area contributed by atoms with Crippen molar-refractivity contribution in [3.63, 3.8) is 0 Å². The summed E-state index contributed by atoms with van der Waals surface area (Å²) in [5.41, 5.74) is 2.45. The molecule has 0 radical (unpaired) electrons. The molecule has 0 aliphatic heterocycles. The van der Waals surface area contributed by atoms with E-state index in [-0.39, 0.29) is 6.10 Å². The Morgan fingerprint density at radius 2 is 1.67 bits per heavy atom. The van der Waals surface area contributed by atoms with Crippen LogP contribution in [0.4, 0.5) is 0 Å². The van der Waals surface area contributed by atoms with E-state index in [1.807, 2.05) is 0 Å². The Bertz CT molecular complexity index is 346. The van der Waals surface area contributed by atoms with Gasteiger partial charge in [-0.3, -0.25) is 0 Å². The zero-order valence-electron chi connectivity index (χ0n) is 11.7. The molecule has 1 nitrogen and oxygen atoms in total. The molecule has 100 valence electrons. The van der Waals surface area contributed by atoms with Crippen LogP contribution in [0.3, 0.4) is 0 Å². The van der Waals surface area contributed by atoms with Gasteiger partial charge in [0.05, 0.1) is 6.10 Å². The van der Waals surface area contributed by atoms with Crippen LogP contribution in [-0.2, 0) is 6.42 Å². The van der Waals surface area contributed by atoms with Crippen LogP contribution in [-0.4, -0.2) is 5.11 Å². The van der Waals surface area contributed by atoms with E-state index in [4.69, 9.17) is 0 Å². The van der Waals surface area contributed by atoms with Gasteiger partial charge in [-0.05, 0) is 42.2 Å². The second-order valence-corrected chi connectivity index (χ2v) is 5.73. The van der Waals surface area contributed by atoms with Gasteiger partial charge in [0.25, 0.3) is 0 Å². The lowest BCUT2D eigenvalue weighted by Crippen LogP contribution is -2.20. The monoisotopic (exact) mass is 246 g/mol. The molecule has 0 aromatic heterocycles. The highest BCUT2D eigenvalue weighted by atomic mass is 16.3. The van der Waals surface area contributed by atoms with Gasteiger partial charge < -0.3 is 5.11 Å². The summed E-state index contributed by atoms with van der Waals surface area (Å²) >= 11 is 0. The topological polar surface area (TPSA) is 20.2 Å². The van der Waals surface area contributed by atoms with Crippen LogP contribution in [0.2, 0.25) is 0 Å². The molecule has 1 aromatic carbocycles. The number of hydrogen-bond acceptors (Lipinski definition) is 1. The minimum atomic E-state index is -0.256. The Labute approximate surface area is 111 Å². The SMILES string of the molecule is CCc1ccc(C(O)C2CCC(CC)CC2)cc1. The molecule has 1 unspecified atom stereocenters. The highest BCUT2D eigenvalue weighted by molar-refractivity contribution is 5.24. The third kappa shape index (κ3) is 3.14. The molecule has 2 rings (SSSR count). The average molecular weight is 246 g/mol. The molecule has 0 spiro atoms. The molecule has 1 saturated carbocycles. The van der Waals surface area contributed by atoms with Gasteiger partial charge in [-0.2, -0.15) is 0 Å². The summed E-state index contributed by atoms with van der Waals surface area (Å²) < 4.78 is 0. The largest absolute Gasteiger partial charge is 0.388 e. The summed E-state index contributed by atoms with van der Waals surface area (Å²) in [6.07, 6.45) is 7.08. The first-order valence-corrected chi connectivity index (χ1v) is 7.51. The van der Waals surface area contributed by atoms with Crippen LogP contribution in [0.5, 0.6) is 0 Å². The Kier molecular flexibility index (Phi) is 4.82. The zero-order valence-corrected chi connectivity index (χ0v) is 11.7. The van der Waals surface area contributed by atoms with Gasteiger partial charge in [-0.1, -0.05) is 57.4 Å². The summed E-state index contributed by atoms with van der Waals surface area (Å²) in [6.45, 7) is 4.45. The fourth-order valence-electron chi connectivity index (χ4n) is 3.13. The third-order valence-corrected chi connectivity index (χ3v) is 4.64. The second kappa shape index (κ2) is 6.38. The van der Waals surface area contributed by atoms with Crippen LogP contribution >= 0.6 is 0 Å². The molecule has 18 heavy (non-hydrogen) atoms. The molecule has 1 N–H and O–H groups in total. The van der Waals surface area contributed by atoms with Crippen LogP contribution in [0.1, 0.15) is 63.2 Å². The first-order chi connectivity index (χ1) is 8.74. The van der Waals surface area contributed by atoms with Crippen LogP contribution < -0.4 is 0 Å². The van der Waals surface area contributed by atoms with E-state index >= 15 is 0 Å². The van der Waals surface area contributed by atoms with Crippen molar-refractivity contribution in [1.82, 2.24) is 0 Å². The highest BCUT2D eigenvalue weighted by Crippen LogP contribution is 2.37. The molecule has 0 amide bonds. The fourth-order valence-corrected chi connectivity index (χ4v) is 3.13. The van der Waals surface area contributed by atoms with Gasteiger partial charge >= 0.3 is 0 Å². The summed E-state index contributed by atoms with van der Waals surface area (Å²) in [7, 11) is 0. The van der Waals surface area contributed by atoms with Crippen LogP contribution in [0, 0.1) is 11.8 Å².